The summed E-state index contributed by atoms with van der Waals surface area (Å²) in [5.74, 6) is 1.25. The van der Waals surface area contributed by atoms with E-state index in [1.165, 1.54) is 0 Å². The molecule has 1 saturated heterocycles. The second-order valence-electron chi connectivity index (χ2n) is 5.30. The Bertz CT molecular complexity index is 614. The van der Waals surface area contributed by atoms with Gasteiger partial charge in [-0.25, -0.2) is 0 Å². The Labute approximate surface area is 128 Å². The second-order valence-corrected chi connectivity index (χ2v) is 5.30. The number of hydrogen-bond donors (Lipinski definition) is 1. The lowest BCUT2D eigenvalue weighted by Crippen LogP contribution is -2.44. The summed E-state index contributed by atoms with van der Waals surface area (Å²) in [6, 6.07) is 5.15. The van der Waals surface area contributed by atoms with Gasteiger partial charge in [-0.15, -0.1) is 6.58 Å². The minimum Gasteiger partial charge on any atom is -0.454 e. The Kier molecular flexibility index (Phi) is 4.00. The first-order chi connectivity index (χ1) is 10.7. The van der Waals surface area contributed by atoms with E-state index in [-0.39, 0.29) is 18.6 Å². The zero-order chi connectivity index (χ0) is 15.5. The molecule has 116 valence electrons. The highest BCUT2D eigenvalue weighted by atomic mass is 16.7. The third kappa shape index (κ3) is 2.77. The van der Waals surface area contributed by atoms with Crippen molar-refractivity contribution in [2.45, 2.75) is 25.4 Å². The van der Waals surface area contributed by atoms with Crippen LogP contribution in [0.5, 0.6) is 11.5 Å². The van der Waals surface area contributed by atoms with Gasteiger partial charge in [0.2, 0.25) is 18.6 Å². The first-order valence-electron chi connectivity index (χ1n) is 7.25. The van der Waals surface area contributed by atoms with Gasteiger partial charge in [0.15, 0.2) is 11.5 Å². The van der Waals surface area contributed by atoms with Crippen LogP contribution in [-0.4, -0.2) is 36.1 Å². The molecule has 0 unspecified atom stereocenters. The van der Waals surface area contributed by atoms with E-state index in [0.717, 1.165) is 5.56 Å². The maximum Gasteiger partial charge on any atom is 0.243 e. The number of ether oxygens (including phenoxy) is 2. The first-order valence-corrected chi connectivity index (χ1v) is 7.25. The molecule has 2 aliphatic rings. The Morgan fingerprint density at radius 2 is 2.23 bits per heavy atom. The fourth-order valence-electron chi connectivity index (χ4n) is 2.73. The topological polar surface area (TPSA) is 67.9 Å². The summed E-state index contributed by atoms with van der Waals surface area (Å²) in [7, 11) is 0. The van der Waals surface area contributed by atoms with Crippen LogP contribution in [0.15, 0.2) is 30.9 Å². The van der Waals surface area contributed by atoms with E-state index < -0.39 is 6.04 Å². The lowest BCUT2D eigenvalue weighted by atomic mass is 10.1. The molecule has 6 nitrogen and oxygen atoms in total. The molecule has 0 radical (unpaired) electrons. The fourth-order valence-corrected chi connectivity index (χ4v) is 2.73. The molecule has 0 aromatic heterocycles. The maximum atomic E-state index is 12.1. The minimum atomic E-state index is -0.419. The number of benzene rings is 1. The third-order valence-corrected chi connectivity index (χ3v) is 3.84. The van der Waals surface area contributed by atoms with Gasteiger partial charge in [0, 0.05) is 19.5 Å². The number of nitrogens with one attached hydrogen (secondary N) is 1. The van der Waals surface area contributed by atoms with Crippen LogP contribution >= 0.6 is 0 Å². The van der Waals surface area contributed by atoms with Crippen LogP contribution in [0.2, 0.25) is 0 Å². The van der Waals surface area contributed by atoms with Crippen LogP contribution in [0.1, 0.15) is 18.4 Å². The second kappa shape index (κ2) is 6.09. The molecule has 0 aliphatic carbocycles. The maximum absolute atomic E-state index is 12.1. The number of hydrogen-bond acceptors (Lipinski definition) is 4. The van der Waals surface area contributed by atoms with E-state index in [9.17, 15) is 9.59 Å². The average Bonchev–Trinajstić information content (AvgIpc) is 3.12. The summed E-state index contributed by atoms with van der Waals surface area (Å²) in [6.07, 6.45) is 2.57. The van der Waals surface area contributed by atoms with E-state index in [1.54, 1.807) is 11.0 Å². The highest BCUT2D eigenvalue weighted by molar-refractivity contribution is 5.90. The van der Waals surface area contributed by atoms with Gasteiger partial charge in [0.05, 0.1) is 0 Å². The van der Waals surface area contributed by atoms with Crippen molar-refractivity contribution in [2.24, 2.45) is 0 Å². The molecule has 1 atom stereocenters. The Morgan fingerprint density at radius 1 is 1.41 bits per heavy atom. The van der Waals surface area contributed by atoms with Gasteiger partial charge in [0.25, 0.3) is 0 Å². The molecule has 1 fully saturated rings. The first kappa shape index (κ1) is 14.4. The van der Waals surface area contributed by atoms with Gasteiger partial charge in [-0.3, -0.25) is 9.59 Å². The van der Waals surface area contributed by atoms with E-state index in [2.05, 4.69) is 11.9 Å². The smallest absolute Gasteiger partial charge is 0.243 e. The third-order valence-electron chi connectivity index (χ3n) is 3.84. The average molecular weight is 302 g/mol. The molecule has 0 spiro atoms. The standard InChI is InChI=1S/C16H18N2O4/c1-2-7-17-16(20)12-4-6-15(19)18(12)9-11-3-5-13-14(8-11)22-10-21-13/h2-3,5,8,12H,1,4,6-7,9-10H2,(H,17,20)/t12-/m1/s1. The number of likely N-dealkylation sites (tertiary alicyclic amines) is 1. The van der Waals surface area contributed by atoms with Gasteiger partial charge in [-0.2, -0.15) is 0 Å². The van der Waals surface area contributed by atoms with Crippen molar-refractivity contribution in [3.8, 4) is 11.5 Å². The molecule has 1 aromatic carbocycles. The van der Waals surface area contributed by atoms with Gasteiger partial charge in [-0.1, -0.05) is 12.1 Å². The number of carbonyl (C=O) groups is 2. The molecule has 0 bridgehead atoms. The summed E-state index contributed by atoms with van der Waals surface area (Å²) >= 11 is 0. The molecule has 2 amide bonds. The van der Waals surface area contributed by atoms with Crippen molar-refractivity contribution in [1.82, 2.24) is 10.2 Å². The predicted molar refractivity (Wildman–Crippen MR) is 79.3 cm³/mol. The lowest BCUT2D eigenvalue weighted by molar-refractivity contribution is -0.135. The number of fused-ring (bicyclic) bond motifs is 1. The van der Waals surface area contributed by atoms with Gasteiger partial charge >= 0.3 is 0 Å². The SMILES string of the molecule is C=CCNC(=O)[C@H]1CCC(=O)N1Cc1ccc2c(c1)OCO2. The normalized spacial score (nSPS) is 19.4. The Balaban J connectivity index is 1.72. The monoisotopic (exact) mass is 302 g/mol. The molecular weight excluding hydrogens is 284 g/mol. The Morgan fingerprint density at radius 3 is 3.05 bits per heavy atom. The molecule has 1 N–H and O–H groups in total. The summed E-state index contributed by atoms with van der Waals surface area (Å²) < 4.78 is 10.6. The van der Waals surface area contributed by atoms with Crippen LogP contribution in [0.4, 0.5) is 0 Å². The molecule has 2 aliphatic heterocycles. The van der Waals surface area contributed by atoms with Crippen molar-refractivity contribution < 1.29 is 19.1 Å². The van der Waals surface area contributed by atoms with Crippen LogP contribution in [0.3, 0.4) is 0 Å². The number of carbonyl (C=O) groups excluding carboxylic acids is 2. The number of amides is 2. The number of rotatable bonds is 5. The molecule has 22 heavy (non-hydrogen) atoms. The van der Waals surface area contributed by atoms with Gasteiger partial charge < -0.3 is 19.7 Å². The van der Waals surface area contributed by atoms with E-state index >= 15 is 0 Å². The van der Waals surface area contributed by atoms with Crippen molar-refractivity contribution in [3.05, 3.63) is 36.4 Å². The summed E-state index contributed by atoms with van der Waals surface area (Å²) in [6.45, 7) is 4.58. The Hall–Kier alpha value is -2.50. The van der Waals surface area contributed by atoms with E-state index in [4.69, 9.17) is 9.47 Å². The van der Waals surface area contributed by atoms with E-state index in [0.29, 0.717) is 37.4 Å². The fraction of sp³-hybridized carbons (Fsp3) is 0.375. The minimum absolute atomic E-state index is 0.00331. The van der Waals surface area contributed by atoms with Crippen molar-refractivity contribution in [3.63, 3.8) is 0 Å². The quantitative estimate of drug-likeness (QED) is 0.830. The molecule has 6 heteroatoms. The molecule has 2 heterocycles. The van der Waals surface area contributed by atoms with Crippen LogP contribution < -0.4 is 14.8 Å². The molecule has 0 saturated carbocycles. The van der Waals surface area contributed by atoms with E-state index in [1.807, 2.05) is 18.2 Å². The zero-order valence-corrected chi connectivity index (χ0v) is 12.2. The summed E-state index contributed by atoms with van der Waals surface area (Å²) in [4.78, 5) is 25.8. The highest BCUT2D eigenvalue weighted by Crippen LogP contribution is 2.33. The largest absolute Gasteiger partial charge is 0.454 e. The van der Waals surface area contributed by atoms with Crippen LogP contribution in [0, 0.1) is 0 Å². The lowest BCUT2D eigenvalue weighted by Gasteiger charge is -2.24. The van der Waals surface area contributed by atoms with Crippen molar-refractivity contribution in [2.75, 3.05) is 13.3 Å². The zero-order valence-electron chi connectivity index (χ0n) is 12.2. The predicted octanol–water partition coefficient (Wildman–Crippen LogP) is 1.21. The van der Waals surface area contributed by atoms with Crippen molar-refractivity contribution >= 4 is 11.8 Å². The van der Waals surface area contributed by atoms with Gasteiger partial charge in [-0.05, 0) is 24.1 Å². The molecular formula is C16H18N2O4. The summed E-state index contributed by atoms with van der Waals surface area (Å²) in [5.41, 5.74) is 0.918. The van der Waals surface area contributed by atoms with Crippen molar-refractivity contribution in [1.29, 1.82) is 0 Å². The highest BCUT2D eigenvalue weighted by Gasteiger charge is 2.35. The van der Waals surface area contributed by atoms with Crippen LogP contribution in [0.25, 0.3) is 0 Å². The number of nitrogens with zero attached hydrogens (tertiary/aromatic N) is 1. The van der Waals surface area contributed by atoms with Crippen LogP contribution in [-0.2, 0) is 16.1 Å². The molecule has 3 rings (SSSR count). The summed E-state index contributed by atoms with van der Waals surface area (Å²) in [5, 5.41) is 2.76. The van der Waals surface area contributed by atoms with Gasteiger partial charge in [0.1, 0.15) is 6.04 Å². The molecule has 1 aromatic rings.